The van der Waals surface area contributed by atoms with Gasteiger partial charge in [0.25, 0.3) is 0 Å². The first-order chi connectivity index (χ1) is 11.7. The fraction of sp³-hybridized carbons (Fsp3) is 0. The highest BCUT2D eigenvalue weighted by Gasteiger charge is 2.08. The number of phenolic OH excluding ortho intramolecular Hbond substituents is 1. The highest BCUT2D eigenvalue weighted by atomic mass is 16.3. The van der Waals surface area contributed by atoms with E-state index in [2.05, 4.69) is 5.32 Å². The second-order valence-electron chi connectivity index (χ2n) is 5.33. The van der Waals surface area contributed by atoms with E-state index in [0.717, 1.165) is 5.56 Å². The van der Waals surface area contributed by atoms with Crippen molar-refractivity contribution in [2.75, 3.05) is 5.32 Å². The van der Waals surface area contributed by atoms with Gasteiger partial charge in [-0.2, -0.15) is 0 Å². The smallest absolute Gasteiger partial charge is 0.187 e. The number of benzene rings is 3. The summed E-state index contributed by atoms with van der Waals surface area (Å²) >= 11 is 0. The third-order valence-electron chi connectivity index (χ3n) is 3.54. The summed E-state index contributed by atoms with van der Waals surface area (Å²) < 4.78 is 0. The van der Waals surface area contributed by atoms with Crippen molar-refractivity contribution in [1.29, 1.82) is 0 Å². The minimum absolute atomic E-state index is 0.0814. The van der Waals surface area contributed by atoms with Gasteiger partial charge in [0.2, 0.25) is 0 Å². The van der Waals surface area contributed by atoms with Crippen LogP contribution in [0.1, 0.15) is 15.9 Å². The van der Waals surface area contributed by atoms with Crippen LogP contribution in [0.4, 0.5) is 5.69 Å². The summed E-state index contributed by atoms with van der Waals surface area (Å²) in [6.45, 7) is 0. The van der Waals surface area contributed by atoms with Gasteiger partial charge in [-0.1, -0.05) is 66.7 Å². The predicted octanol–water partition coefficient (Wildman–Crippen LogP) is 4.73. The molecule has 0 bridgehead atoms. The fourth-order valence-electron chi connectivity index (χ4n) is 2.37. The summed E-state index contributed by atoms with van der Waals surface area (Å²) in [5, 5.41) is 12.8. The van der Waals surface area contributed by atoms with E-state index in [4.69, 9.17) is 0 Å². The van der Waals surface area contributed by atoms with E-state index in [1.807, 2.05) is 54.6 Å². The maximum Gasteiger partial charge on any atom is 0.187 e. The molecule has 118 valence electrons. The highest BCUT2D eigenvalue weighted by Crippen LogP contribution is 2.22. The fourth-order valence-corrected chi connectivity index (χ4v) is 2.37. The summed E-state index contributed by atoms with van der Waals surface area (Å²) in [5.41, 5.74) is 2.91. The first-order valence-electron chi connectivity index (χ1n) is 7.65. The zero-order chi connectivity index (χ0) is 16.8. The van der Waals surface area contributed by atoms with E-state index >= 15 is 0 Å². The van der Waals surface area contributed by atoms with Crippen molar-refractivity contribution in [3.8, 4) is 5.75 Å². The zero-order valence-electron chi connectivity index (χ0n) is 13.0. The average Bonchev–Trinajstić information content (AvgIpc) is 2.63. The Labute approximate surface area is 140 Å². The Kier molecular flexibility index (Phi) is 4.73. The van der Waals surface area contributed by atoms with Gasteiger partial charge in [-0.15, -0.1) is 0 Å². The van der Waals surface area contributed by atoms with Crippen molar-refractivity contribution in [1.82, 2.24) is 0 Å². The van der Waals surface area contributed by atoms with E-state index < -0.39 is 0 Å². The summed E-state index contributed by atoms with van der Waals surface area (Å²) in [6.07, 6.45) is 1.58. The summed E-state index contributed by atoms with van der Waals surface area (Å²) in [6, 6.07) is 25.6. The van der Waals surface area contributed by atoms with Gasteiger partial charge >= 0.3 is 0 Å². The minimum Gasteiger partial charge on any atom is -0.508 e. The van der Waals surface area contributed by atoms with Crippen LogP contribution in [0.3, 0.4) is 0 Å². The molecule has 24 heavy (non-hydrogen) atoms. The quantitative estimate of drug-likeness (QED) is 0.529. The number of carbonyl (C=O) groups is 1. The lowest BCUT2D eigenvalue weighted by atomic mass is 10.1. The molecule has 0 aliphatic heterocycles. The van der Waals surface area contributed by atoms with Crippen molar-refractivity contribution >= 4 is 17.2 Å². The lowest BCUT2D eigenvalue weighted by Crippen LogP contribution is -2.03. The molecule has 0 saturated carbocycles. The molecule has 3 heteroatoms. The zero-order valence-corrected chi connectivity index (χ0v) is 13.0. The van der Waals surface area contributed by atoms with Gasteiger partial charge < -0.3 is 10.4 Å². The molecule has 0 aliphatic rings. The Morgan fingerprint density at radius 3 is 2.04 bits per heavy atom. The molecule has 3 rings (SSSR count). The van der Waals surface area contributed by atoms with Gasteiger partial charge in [-0.25, -0.2) is 0 Å². The Hall–Kier alpha value is -3.33. The Morgan fingerprint density at radius 1 is 0.792 bits per heavy atom. The van der Waals surface area contributed by atoms with Crippen LogP contribution in [-0.2, 0) is 0 Å². The number of allylic oxidation sites excluding steroid dienone is 1. The van der Waals surface area contributed by atoms with Crippen molar-refractivity contribution in [2.24, 2.45) is 0 Å². The van der Waals surface area contributed by atoms with Crippen LogP contribution < -0.4 is 5.32 Å². The van der Waals surface area contributed by atoms with Crippen molar-refractivity contribution in [2.45, 2.75) is 0 Å². The molecule has 3 aromatic carbocycles. The molecule has 0 fully saturated rings. The van der Waals surface area contributed by atoms with Crippen molar-refractivity contribution in [3.63, 3.8) is 0 Å². The van der Waals surface area contributed by atoms with Gasteiger partial charge in [0.05, 0.1) is 0 Å². The molecular formula is C21H17NO2. The van der Waals surface area contributed by atoms with Crippen molar-refractivity contribution < 1.29 is 9.90 Å². The monoisotopic (exact) mass is 315 g/mol. The van der Waals surface area contributed by atoms with Gasteiger partial charge in [0.1, 0.15) is 5.75 Å². The van der Waals surface area contributed by atoms with Gasteiger partial charge in [0, 0.05) is 29.1 Å². The number of hydrogen-bond acceptors (Lipinski definition) is 3. The van der Waals surface area contributed by atoms with E-state index in [1.54, 1.807) is 36.4 Å². The third-order valence-corrected chi connectivity index (χ3v) is 3.54. The van der Waals surface area contributed by atoms with Crippen LogP contribution in [0, 0.1) is 0 Å². The first-order valence-corrected chi connectivity index (χ1v) is 7.65. The van der Waals surface area contributed by atoms with Crippen LogP contribution >= 0.6 is 0 Å². The number of hydrogen-bond donors (Lipinski definition) is 2. The molecule has 0 heterocycles. The molecular weight excluding hydrogens is 298 g/mol. The van der Waals surface area contributed by atoms with E-state index in [0.29, 0.717) is 16.9 Å². The molecule has 0 aliphatic carbocycles. The summed E-state index contributed by atoms with van der Waals surface area (Å²) in [7, 11) is 0. The second kappa shape index (κ2) is 7.29. The molecule has 0 amide bonds. The molecule has 0 saturated heterocycles. The van der Waals surface area contributed by atoms with E-state index in [1.165, 1.54) is 0 Å². The normalized spacial score (nSPS) is 11.1. The lowest BCUT2D eigenvalue weighted by Gasteiger charge is -2.12. The number of phenols is 1. The molecule has 0 unspecified atom stereocenters. The number of rotatable bonds is 5. The van der Waals surface area contributed by atoms with Crippen LogP contribution in [-0.4, -0.2) is 10.9 Å². The average molecular weight is 315 g/mol. The SMILES string of the molecule is O=C(/C=C(\Nc1cccc(O)c1)c1ccccc1)c1ccccc1. The Bertz CT molecular complexity index is 855. The molecule has 0 spiro atoms. The van der Waals surface area contributed by atoms with E-state index in [-0.39, 0.29) is 11.5 Å². The summed E-state index contributed by atoms with van der Waals surface area (Å²) in [5.74, 6) is 0.0869. The molecule has 3 aromatic rings. The maximum absolute atomic E-state index is 12.5. The number of aromatic hydroxyl groups is 1. The Balaban J connectivity index is 1.96. The summed E-state index contributed by atoms with van der Waals surface area (Å²) in [4.78, 5) is 12.5. The number of nitrogens with one attached hydrogen (secondary N) is 1. The number of carbonyl (C=O) groups excluding carboxylic acids is 1. The predicted molar refractivity (Wildman–Crippen MR) is 96.9 cm³/mol. The van der Waals surface area contributed by atoms with Gasteiger partial charge in [-0.3, -0.25) is 4.79 Å². The standard InChI is InChI=1S/C21H17NO2/c23-19-13-7-12-18(14-19)22-20(16-8-3-1-4-9-16)15-21(24)17-10-5-2-6-11-17/h1-15,22-23H/b20-15-. The maximum atomic E-state index is 12.5. The topological polar surface area (TPSA) is 49.3 Å². The van der Waals surface area contributed by atoms with E-state index in [9.17, 15) is 9.90 Å². The van der Waals surface area contributed by atoms with Crippen LogP contribution in [0.15, 0.2) is 91.0 Å². The van der Waals surface area contributed by atoms with Crippen LogP contribution in [0.5, 0.6) is 5.75 Å². The molecule has 0 radical (unpaired) electrons. The molecule has 0 atom stereocenters. The van der Waals surface area contributed by atoms with Crippen molar-refractivity contribution in [3.05, 3.63) is 102 Å². The minimum atomic E-state index is -0.0814. The lowest BCUT2D eigenvalue weighted by molar-refractivity contribution is 0.104. The first kappa shape index (κ1) is 15.6. The number of anilines is 1. The van der Waals surface area contributed by atoms with Gasteiger partial charge in [0.15, 0.2) is 5.78 Å². The molecule has 0 aromatic heterocycles. The number of ketones is 1. The van der Waals surface area contributed by atoms with Gasteiger partial charge in [-0.05, 0) is 17.7 Å². The third kappa shape index (κ3) is 3.90. The Morgan fingerprint density at radius 2 is 1.42 bits per heavy atom. The van der Waals surface area contributed by atoms with Crippen LogP contribution in [0.2, 0.25) is 0 Å². The second-order valence-corrected chi connectivity index (χ2v) is 5.33. The highest BCUT2D eigenvalue weighted by molar-refractivity contribution is 6.09. The van der Waals surface area contributed by atoms with Crippen LogP contribution in [0.25, 0.3) is 5.70 Å². The largest absolute Gasteiger partial charge is 0.508 e. The molecule has 3 nitrogen and oxygen atoms in total. The molecule has 2 N–H and O–H groups in total.